The number of hydrogen-bond acceptors (Lipinski definition) is 6. The molecular weight excluding hydrogens is 244 g/mol. The fourth-order valence-corrected chi connectivity index (χ4v) is 1.52. The number of hydrogen-bond donors (Lipinski definition) is 2. The highest BCUT2D eigenvalue weighted by Gasteiger charge is 2.49. The highest BCUT2D eigenvalue weighted by molar-refractivity contribution is 5.92. The number of carboxylic acids is 2. The lowest BCUT2D eigenvalue weighted by atomic mass is 9.80. The molecule has 0 heterocycles. The third-order valence-electron chi connectivity index (χ3n) is 2.32. The van der Waals surface area contributed by atoms with Gasteiger partial charge in [0.1, 0.15) is 5.92 Å². The summed E-state index contributed by atoms with van der Waals surface area (Å²) in [6, 6.07) is 0. The minimum Gasteiger partial charge on any atom is -0.481 e. The average molecular weight is 250 g/mol. The number of nitrogens with zero attached hydrogens (tertiary/aromatic N) is 2. The van der Waals surface area contributed by atoms with Crippen molar-refractivity contribution in [1.29, 1.82) is 0 Å². The molecular formula is C10H6N2O6. The molecule has 0 saturated heterocycles. The largest absolute Gasteiger partial charge is 0.481 e. The lowest BCUT2D eigenvalue weighted by Crippen LogP contribution is -2.46. The van der Waals surface area contributed by atoms with Crippen LogP contribution in [0.1, 0.15) is 0 Å². The van der Waals surface area contributed by atoms with Crippen LogP contribution >= 0.6 is 0 Å². The zero-order valence-corrected chi connectivity index (χ0v) is 8.73. The van der Waals surface area contributed by atoms with E-state index in [9.17, 15) is 19.2 Å². The minimum absolute atomic E-state index is 0.149. The molecule has 1 aliphatic carbocycles. The van der Waals surface area contributed by atoms with Crippen LogP contribution in [-0.4, -0.2) is 39.9 Å². The monoisotopic (exact) mass is 250 g/mol. The van der Waals surface area contributed by atoms with E-state index in [1.54, 1.807) is 0 Å². The number of carboxylic acid groups (broad SMARTS) is 2. The van der Waals surface area contributed by atoms with E-state index in [4.69, 9.17) is 10.2 Å². The summed E-state index contributed by atoms with van der Waals surface area (Å²) in [7, 11) is 0. The number of carbonyl (C=O) groups is 2. The summed E-state index contributed by atoms with van der Waals surface area (Å²) in [4.78, 5) is 48.8. The van der Waals surface area contributed by atoms with Gasteiger partial charge in [0, 0.05) is 0 Å². The molecule has 0 amide bonds. The number of aliphatic carboxylic acids is 2. The summed E-state index contributed by atoms with van der Waals surface area (Å²) < 4.78 is 0. The summed E-state index contributed by atoms with van der Waals surface area (Å²) in [5.41, 5.74) is -2.51. The highest BCUT2D eigenvalue weighted by atomic mass is 16.4. The van der Waals surface area contributed by atoms with Gasteiger partial charge in [0.2, 0.25) is 17.7 Å². The smallest absolute Gasteiger partial charge is 0.337 e. The molecule has 0 spiro atoms. The number of allylic oxidation sites excluding steroid dienone is 1. The number of carbonyl (C=O) groups excluding carboxylic acids is 2. The Morgan fingerprint density at radius 1 is 1.28 bits per heavy atom. The van der Waals surface area contributed by atoms with Gasteiger partial charge in [-0.15, -0.1) is 0 Å². The second-order valence-electron chi connectivity index (χ2n) is 3.28. The van der Waals surface area contributed by atoms with E-state index >= 15 is 0 Å². The van der Waals surface area contributed by atoms with Crippen LogP contribution < -0.4 is 0 Å². The van der Waals surface area contributed by atoms with Crippen LogP contribution in [0.15, 0.2) is 33.9 Å². The van der Waals surface area contributed by atoms with E-state index in [2.05, 4.69) is 9.98 Å². The third kappa shape index (κ3) is 2.15. The first-order valence-electron chi connectivity index (χ1n) is 4.52. The first-order chi connectivity index (χ1) is 8.47. The van der Waals surface area contributed by atoms with Crippen molar-refractivity contribution in [3.8, 4) is 0 Å². The van der Waals surface area contributed by atoms with Crippen molar-refractivity contribution >= 4 is 24.1 Å². The second kappa shape index (κ2) is 5.01. The molecule has 0 aliphatic heterocycles. The molecule has 2 unspecified atom stereocenters. The maximum absolute atomic E-state index is 11.2. The first kappa shape index (κ1) is 13.2. The van der Waals surface area contributed by atoms with Crippen LogP contribution in [0.3, 0.4) is 0 Å². The van der Waals surface area contributed by atoms with Gasteiger partial charge in [0.25, 0.3) is 0 Å². The zero-order chi connectivity index (χ0) is 13.8. The Labute approximate surface area is 99.7 Å². The number of rotatable bonds is 4. The molecule has 2 atom stereocenters. The molecule has 0 fully saturated rings. The van der Waals surface area contributed by atoms with Crippen LogP contribution in [0.25, 0.3) is 0 Å². The SMILES string of the molecule is O=C=NC1=CC(N=C=O)(C(=O)O)C(C(=O)O)C=C1. The summed E-state index contributed by atoms with van der Waals surface area (Å²) in [6.45, 7) is 0. The molecule has 0 aromatic heterocycles. The molecule has 8 nitrogen and oxygen atoms in total. The Hall–Kier alpha value is -2.82. The number of isocyanates is 2. The van der Waals surface area contributed by atoms with Crippen LogP contribution in [0.4, 0.5) is 0 Å². The molecule has 0 aromatic carbocycles. The van der Waals surface area contributed by atoms with Crippen molar-refractivity contribution in [1.82, 2.24) is 0 Å². The summed E-state index contributed by atoms with van der Waals surface area (Å²) in [5, 5.41) is 18.0. The van der Waals surface area contributed by atoms with Gasteiger partial charge in [-0.2, -0.15) is 9.98 Å². The van der Waals surface area contributed by atoms with Gasteiger partial charge in [0.05, 0.1) is 5.70 Å². The van der Waals surface area contributed by atoms with E-state index in [1.807, 2.05) is 0 Å². The van der Waals surface area contributed by atoms with Gasteiger partial charge in [-0.05, 0) is 12.2 Å². The van der Waals surface area contributed by atoms with Gasteiger partial charge in [-0.25, -0.2) is 14.4 Å². The molecule has 0 aromatic rings. The molecule has 0 saturated carbocycles. The summed E-state index contributed by atoms with van der Waals surface area (Å²) in [5.74, 6) is -4.75. The van der Waals surface area contributed by atoms with Crippen molar-refractivity contribution in [3.63, 3.8) is 0 Å². The van der Waals surface area contributed by atoms with Crippen LogP contribution in [-0.2, 0) is 19.2 Å². The molecule has 1 rings (SSSR count). The van der Waals surface area contributed by atoms with Crippen LogP contribution in [0.5, 0.6) is 0 Å². The van der Waals surface area contributed by atoms with Crippen molar-refractivity contribution in [2.24, 2.45) is 15.9 Å². The maximum Gasteiger partial charge on any atom is 0.337 e. The minimum atomic E-state index is -2.36. The molecule has 1 aliphatic rings. The zero-order valence-electron chi connectivity index (χ0n) is 8.73. The second-order valence-corrected chi connectivity index (χ2v) is 3.28. The van der Waals surface area contributed by atoms with E-state index < -0.39 is 23.4 Å². The summed E-state index contributed by atoms with van der Waals surface area (Å²) >= 11 is 0. The quantitative estimate of drug-likeness (QED) is 0.516. The van der Waals surface area contributed by atoms with Gasteiger partial charge >= 0.3 is 11.9 Å². The van der Waals surface area contributed by atoms with Crippen LogP contribution in [0.2, 0.25) is 0 Å². The van der Waals surface area contributed by atoms with Gasteiger partial charge in [-0.1, -0.05) is 6.08 Å². The third-order valence-corrected chi connectivity index (χ3v) is 2.32. The Bertz CT molecular complexity index is 547. The average Bonchev–Trinajstić information content (AvgIpc) is 2.29. The topological polar surface area (TPSA) is 133 Å². The maximum atomic E-state index is 11.2. The fourth-order valence-electron chi connectivity index (χ4n) is 1.52. The van der Waals surface area contributed by atoms with Crippen LogP contribution in [0, 0.1) is 5.92 Å². The van der Waals surface area contributed by atoms with Gasteiger partial charge < -0.3 is 10.2 Å². The summed E-state index contributed by atoms with van der Waals surface area (Å²) in [6.07, 6.45) is 5.10. The number of aliphatic imine (C=N–C) groups is 2. The van der Waals surface area contributed by atoms with E-state index in [0.29, 0.717) is 0 Å². The molecule has 0 bridgehead atoms. The Morgan fingerprint density at radius 3 is 2.39 bits per heavy atom. The molecule has 18 heavy (non-hydrogen) atoms. The van der Waals surface area contributed by atoms with Gasteiger partial charge in [0.15, 0.2) is 0 Å². The van der Waals surface area contributed by atoms with E-state index in [-0.39, 0.29) is 5.70 Å². The Morgan fingerprint density at radius 2 is 1.94 bits per heavy atom. The molecule has 8 heteroatoms. The van der Waals surface area contributed by atoms with E-state index in [0.717, 1.165) is 24.3 Å². The molecule has 2 N–H and O–H groups in total. The Kier molecular flexibility index (Phi) is 3.68. The highest BCUT2D eigenvalue weighted by Crippen LogP contribution is 2.32. The van der Waals surface area contributed by atoms with Crippen molar-refractivity contribution < 1.29 is 29.4 Å². The standard InChI is InChI=1S/C10H6N2O6/c13-4-11-6-1-2-7(8(15)16)10(3-6,9(17)18)12-5-14/h1-3,7H,(H,15,16)(H,17,18). The van der Waals surface area contributed by atoms with Crippen molar-refractivity contribution in [2.45, 2.75) is 5.54 Å². The molecule has 0 radical (unpaired) electrons. The van der Waals surface area contributed by atoms with Crippen molar-refractivity contribution in [3.05, 3.63) is 23.9 Å². The lowest BCUT2D eigenvalue weighted by molar-refractivity contribution is -0.151. The van der Waals surface area contributed by atoms with Gasteiger partial charge in [-0.3, -0.25) is 4.79 Å². The Balaban J connectivity index is 3.50. The van der Waals surface area contributed by atoms with E-state index in [1.165, 1.54) is 6.08 Å². The predicted molar refractivity (Wildman–Crippen MR) is 55.0 cm³/mol. The fraction of sp³-hybridized carbons (Fsp3) is 0.200. The predicted octanol–water partition coefficient (Wildman–Crippen LogP) is -0.364. The normalized spacial score (nSPS) is 25.3. The van der Waals surface area contributed by atoms with Crippen molar-refractivity contribution in [2.75, 3.05) is 0 Å². The lowest BCUT2D eigenvalue weighted by Gasteiger charge is -2.27. The molecule has 92 valence electrons. The first-order valence-corrected chi connectivity index (χ1v) is 4.52.